The lowest BCUT2D eigenvalue weighted by Gasteiger charge is -2.11. The van der Waals surface area contributed by atoms with Crippen molar-refractivity contribution in [3.63, 3.8) is 0 Å². The van der Waals surface area contributed by atoms with Gasteiger partial charge in [0.1, 0.15) is 10.6 Å². The molecule has 3 N–H and O–H groups in total. The van der Waals surface area contributed by atoms with Gasteiger partial charge in [-0.1, -0.05) is 23.7 Å². The highest BCUT2D eigenvalue weighted by Crippen LogP contribution is 2.26. The summed E-state index contributed by atoms with van der Waals surface area (Å²) in [6, 6.07) is 11.3. The van der Waals surface area contributed by atoms with E-state index in [1.54, 1.807) is 30.3 Å². The third kappa shape index (κ3) is 3.66. The van der Waals surface area contributed by atoms with Gasteiger partial charge in [-0.2, -0.15) is 0 Å². The van der Waals surface area contributed by atoms with Crippen LogP contribution in [0.15, 0.2) is 47.4 Å². The molecule has 0 aliphatic carbocycles. The standard InChI is InChI=1S/C14H15ClN2O3S/c1-20-12-4-2-3-11(8-12)17-21(18,19)14-7-10(9-16)5-6-13(14)15/h2-8,17H,9,16H2,1H3. The van der Waals surface area contributed by atoms with Crippen LogP contribution < -0.4 is 15.2 Å². The van der Waals surface area contributed by atoms with Crippen LogP contribution in [0.2, 0.25) is 5.02 Å². The summed E-state index contributed by atoms with van der Waals surface area (Å²) in [5.74, 6) is 0.553. The summed E-state index contributed by atoms with van der Waals surface area (Å²) in [5, 5.41) is 0.141. The molecule has 0 atom stereocenters. The van der Waals surface area contributed by atoms with E-state index >= 15 is 0 Å². The minimum Gasteiger partial charge on any atom is -0.497 e. The Kier molecular flexibility index (Phi) is 4.72. The van der Waals surface area contributed by atoms with Gasteiger partial charge in [0.25, 0.3) is 10.0 Å². The van der Waals surface area contributed by atoms with E-state index in [1.807, 2.05) is 0 Å². The number of nitrogens with one attached hydrogen (secondary N) is 1. The SMILES string of the molecule is COc1cccc(NS(=O)(=O)c2cc(CN)ccc2Cl)c1. The zero-order valence-electron chi connectivity index (χ0n) is 11.3. The van der Waals surface area contributed by atoms with Crippen LogP contribution in [0.25, 0.3) is 0 Å². The third-order valence-electron chi connectivity index (χ3n) is 2.84. The number of benzene rings is 2. The molecule has 0 fully saturated rings. The predicted octanol–water partition coefficient (Wildman–Crippen LogP) is 2.61. The Morgan fingerprint density at radius 3 is 2.67 bits per heavy atom. The molecule has 2 aromatic rings. The molecular weight excluding hydrogens is 312 g/mol. The molecule has 0 unspecified atom stereocenters. The summed E-state index contributed by atoms with van der Waals surface area (Å²) in [7, 11) is -2.29. The molecule has 0 saturated carbocycles. The number of methoxy groups -OCH3 is 1. The minimum atomic E-state index is -3.79. The van der Waals surface area contributed by atoms with Crippen LogP contribution in [0, 0.1) is 0 Å². The molecule has 0 radical (unpaired) electrons. The molecule has 0 saturated heterocycles. The van der Waals surface area contributed by atoms with Crippen molar-refractivity contribution in [3.8, 4) is 5.75 Å². The number of ether oxygens (including phenoxy) is 1. The smallest absolute Gasteiger partial charge is 0.263 e. The van der Waals surface area contributed by atoms with Gasteiger partial charge in [-0.25, -0.2) is 8.42 Å². The van der Waals surface area contributed by atoms with Gasteiger partial charge in [0, 0.05) is 12.6 Å². The Hall–Kier alpha value is -1.76. The summed E-state index contributed by atoms with van der Waals surface area (Å²) in [5.41, 5.74) is 6.61. The molecule has 2 rings (SSSR count). The quantitative estimate of drug-likeness (QED) is 0.885. The Labute approximate surface area is 128 Å². The zero-order chi connectivity index (χ0) is 15.5. The fourth-order valence-corrected chi connectivity index (χ4v) is 3.38. The van der Waals surface area contributed by atoms with Gasteiger partial charge in [-0.15, -0.1) is 0 Å². The lowest BCUT2D eigenvalue weighted by Crippen LogP contribution is -2.14. The largest absolute Gasteiger partial charge is 0.497 e. The van der Waals surface area contributed by atoms with Crippen molar-refractivity contribution in [1.29, 1.82) is 0 Å². The van der Waals surface area contributed by atoms with Crippen molar-refractivity contribution >= 4 is 27.3 Å². The molecule has 0 bridgehead atoms. The maximum Gasteiger partial charge on any atom is 0.263 e. The normalized spacial score (nSPS) is 11.2. The van der Waals surface area contributed by atoms with Crippen molar-refractivity contribution in [2.75, 3.05) is 11.8 Å². The van der Waals surface area contributed by atoms with Crippen LogP contribution in [0.5, 0.6) is 5.75 Å². The maximum absolute atomic E-state index is 12.4. The molecule has 0 aromatic heterocycles. The van der Waals surface area contributed by atoms with Crippen LogP contribution in [0.4, 0.5) is 5.69 Å². The number of nitrogens with two attached hydrogens (primary N) is 1. The monoisotopic (exact) mass is 326 g/mol. The number of sulfonamides is 1. The van der Waals surface area contributed by atoms with Crippen LogP contribution in [-0.2, 0) is 16.6 Å². The van der Waals surface area contributed by atoms with E-state index in [4.69, 9.17) is 22.1 Å². The highest BCUT2D eigenvalue weighted by molar-refractivity contribution is 7.92. The first kappa shape index (κ1) is 15.6. The number of hydrogen-bond donors (Lipinski definition) is 2. The zero-order valence-corrected chi connectivity index (χ0v) is 12.9. The number of halogens is 1. The molecule has 2 aromatic carbocycles. The summed E-state index contributed by atoms with van der Waals surface area (Å²) >= 11 is 5.98. The molecule has 21 heavy (non-hydrogen) atoms. The lowest BCUT2D eigenvalue weighted by molar-refractivity contribution is 0.415. The van der Waals surface area contributed by atoms with Gasteiger partial charge in [0.15, 0.2) is 0 Å². The van der Waals surface area contributed by atoms with E-state index in [1.165, 1.54) is 19.2 Å². The van der Waals surface area contributed by atoms with Crippen molar-refractivity contribution in [1.82, 2.24) is 0 Å². The first-order valence-corrected chi connectivity index (χ1v) is 7.98. The lowest BCUT2D eigenvalue weighted by atomic mass is 10.2. The highest BCUT2D eigenvalue weighted by atomic mass is 35.5. The number of hydrogen-bond acceptors (Lipinski definition) is 4. The Balaban J connectivity index is 2.38. The minimum absolute atomic E-state index is 0.00469. The van der Waals surface area contributed by atoms with Gasteiger partial charge >= 0.3 is 0 Å². The summed E-state index contributed by atoms with van der Waals surface area (Å²) in [6.45, 7) is 0.235. The molecule has 0 amide bonds. The summed E-state index contributed by atoms with van der Waals surface area (Å²) in [4.78, 5) is -0.00469. The van der Waals surface area contributed by atoms with Gasteiger partial charge in [-0.3, -0.25) is 4.72 Å². The fraction of sp³-hybridized carbons (Fsp3) is 0.143. The summed E-state index contributed by atoms with van der Waals surface area (Å²) in [6.07, 6.45) is 0. The van der Waals surface area contributed by atoms with Crippen LogP contribution >= 0.6 is 11.6 Å². The predicted molar refractivity (Wildman–Crippen MR) is 83.1 cm³/mol. The molecule has 7 heteroatoms. The van der Waals surface area contributed by atoms with E-state index < -0.39 is 10.0 Å². The maximum atomic E-state index is 12.4. The van der Waals surface area contributed by atoms with Crippen LogP contribution in [0.3, 0.4) is 0 Å². The molecule has 112 valence electrons. The first-order valence-electron chi connectivity index (χ1n) is 6.11. The second-order valence-corrected chi connectivity index (χ2v) is 6.36. The van der Waals surface area contributed by atoms with Crippen molar-refractivity contribution in [2.24, 2.45) is 5.73 Å². The highest BCUT2D eigenvalue weighted by Gasteiger charge is 2.18. The molecule has 0 aliphatic heterocycles. The second-order valence-electron chi connectivity index (χ2n) is 4.31. The van der Waals surface area contributed by atoms with Crippen molar-refractivity contribution in [3.05, 3.63) is 53.1 Å². The molecule has 0 spiro atoms. The van der Waals surface area contributed by atoms with Gasteiger partial charge in [-0.05, 0) is 29.8 Å². The van der Waals surface area contributed by atoms with Gasteiger partial charge < -0.3 is 10.5 Å². The Morgan fingerprint density at radius 1 is 1.24 bits per heavy atom. The third-order valence-corrected chi connectivity index (χ3v) is 4.71. The fourth-order valence-electron chi connectivity index (χ4n) is 1.78. The summed E-state index contributed by atoms with van der Waals surface area (Å²) < 4.78 is 32.4. The van der Waals surface area contributed by atoms with Crippen LogP contribution in [-0.4, -0.2) is 15.5 Å². The average molecular weight is 327 g/mol. The van der Waals surface area contributed by atoms with E-state index in [-0.39, 0.29) is 16.5 Å². The second kappa shape index (κ2) is 6.34. The Bertz CT molecular complexity index is 748. The first-order chi connectivity index (χ1) is 9.96. The average Bonchev–Trinajstić information content (AvgIpc) is 2.47. The van der Waals surface area contributed by atoms with E-state index in [9.17, 15) is 8.42 Å². The van der Waals surface area contributed by atoms with Crippen molar-refractivity contribution < 1.29 is 13.2 Å². The number of rotatable bonds is 5. The van der Waals surface area contributed by atoms with E-state index in [0.717, 1.165) is 0 Å². The number of anilines is 1. The van der Waals surface area contributed by atoms with E-state index in [2.05, 4.69) is 4.72 Å². The van der Waals surface area contributed by atoms with E-state index in [0.29, 0.717) is 17.0 Å². The molecule has 0 heterocycles. The molecule has 5 nitrogen and oxygen atoms in total. The van der Waals surface area contributed by atoms with Crippen molar-refractivity contribution in [2.45, 2.75) is 11.4 Å². The molecule has 0 aliphatic rings. The Morgan fingerprint density at radius 2 is 2.00 bits per heavy atom. The van der Waals surface area contributed by atoms with Gasteiger partial charge in [0.05, 0.1) is 17.8 Å². The molecular formula is C14H15ClN2O3S. The van der Waals surface area contributed by atoms with Gasteiger partial charge in [0.2, 0.25) is 0 Å². The topological polar surface area (TPSA) is 81.4 Å². The van der Waals surface area contributed by atoms with Crippen LogP contribution in [0.1, 0.15) is 5.56 Å².